The molecule has 0 saturated heterocycles. The van der Waals surface area contributed by atoms with Gasteiger partial charge in [0.2, 0.25) is 0 Å². The highest BCUT2D eigenvalue weighted by Crippen LogP contribution is 2.27. The Morgan fingerprint density at radius 2 is 2.05 bits per heavy atom. The first-order valence-electron chi connectivity index (χ1n) is 6.45. The number of nitrogens with one attached hydrogen (secondary N) is 1. The van der Waals surface area contributed by atoms with Crippen molar-refractivity contribution in [2.75, 3.05) is 20.7 Å². The Morgan fingerprint density at radius 3 is 2.65 bits per heavy atom. The predicted octanol–water partition coefficient (Wildman–Crippen LogP) is 2.15. The summed E-state index contributed by atoms with van der Waals surface area (Å²) in [6, 6.07) is 3.65. The highest BCUT2D eigenvalue weighted by molar-refractivity contribution is 6.44. The van der Waals surface area contributed by atoms with Crippen LogP contribution < -0.4 is 4.74 Å². The van der Waals surface area contributed by atoms with Crippen LogP contribution in [-0.2, 0) is 4.79 Å². The summed E-state index contributed by atoms with van der Waals surface area (Å²) in [6.45, 7) is 4.25. The summed E-state index contributed by atoms with van der Waals surface area (Å²) in [6.07, 6.45) is 1.58. The maximum Gasteiger partial charge on any atom is 0.294 e. The van der Waals surface area contributed by atoms with Gasteiger partial charge in [-0.15, -0.1) is 0 Å². The lowest BCUT2D eigenvalue weighted by molar-refractivity contribution is -0.125. The van der Waals surface area contributed by atoms with E-state index in [4.69, 9.17) is 4.74 Å². The van der Waals surface area contributed by atoms with Crippen LogP contribution in [0.3, 0.4) is 0 Å². The third kappa shape index (κ3) is 2.27. The van der Waals surface area contributed by atoms with Gasteiger partial charge >= 0.3 is 0 Å². The molecule has 0 radical (unpaired) electrons. The SMILES string of the molecule is CCN(C)C(=O)C(=O)c1c[nH]c2c(C)cc(OC)cc12. The zero-order chi connectivity index (χ0) is 14.9. The third-order valence-corrected chi connectivity index (χ3v) is 3.46. The molecule has 0 aliphatic rings. The number of amides is 1. The van der Waals surface area contributed by atoms with Gasteiger partial charge in [-0.05, 0) is 31.5 Å². The van der Waals surface area contributed by atoms with Crippen molar-refractivity contribution in [2.45, 2.75) is 13.8 Å². The van der Waals surface area contributed by atoms with E-state index in [1.54, 1.807) is 26.4 Å². The molecular weight excluding hydrogens is 256 g/mol. The Hall–Kier alpha value is -2.30. The van der Waals surface area contributed by atoms with E-state index in [-0.39, 0.29) is 0 Å². The second kappa shape index (κ2) is 5.36. The van der Waals surface area contributed by atoms with E-state index >= 15 is 0 Å². The van der Waals surface area contributed by atoms with Gasteiger partial charge in [0.15, 0.2) is 0 Å². The van der Waals surface area contributed by atoms with E-state index in [2.05, 4.69) is 4.98 Å². The molecule has 1 amide bonds. The number of aromatic nitrogens is 1. The van der Waals surface area contributed by atoms with Crippen LogP contribution in [0.4, 0.5) is 0 Å². The molecule has 5 heteroatoms. The molecule has 1 aromatic carbocycles. The van der Waals surface area contributed by atoms with Gasteiger partial charge in [0, 0.05) is 30.7 Å². The lowest BCUT2D eigenvalue weighted by atomic mass is 10.1. The molecule has 0 aliphatic carbocycles. The first kappa shape index (κ1) is 14.1. The average Bonchev–Trinajstić information content (AvgIpc) is 2.88. The standard InChI is InChI=1S/C15H18N2O3/c1-5-17(3)15(19)14(18)12-8-16-13-9(2)6-10(20-4)7-11(12)13/h6-8,16H,5H2,1-4H3. The summed E-state index contributed by atoms with van der Waals surface area (Å²) in [5.41, 5.74) is 2.20. The number of ketones is 1. The van der Waals surface area contributed by atoms with Gasteiger partial charge in [-0.1, -0.05) is 0 Å². The summed E-state index contributed by atoms with van der Waals surface area (Å²) < 4.78 is 5.22. The van der Waals surface area contributed by atoms with E-state index < -0.39 is 11.7 Å². The van der Waals surface area contributed by atoms with Crippen LogP contribution >= 0.6 is 0 Å². The minimum Gasteiger partial charge on any atom is -0.497 e. The van der Waals surface area contributed by atoms with Gasteiger partial charge in [0.25, 0.3) is 11.7 Å². The molecule has 0 bridgehead atoms. The van der Waals surface area contributed by atoms with Crippen LogP contribution in [-0.4, -0.2) is 42.3 Å². The number of hydrogen-bond acceptors (Lipinski definition) is 3. The quantitative estimate of drug-likeness (QED) is 0.686. The first-order valence-corrected chi connectivity index (χ1v) is 6.45. The number of H-pyrrole nitrogens is 1. The average molecular weight is 274 g/mol. The number of carbonyl (C=O) groups excluding carboxylic acids is 2. The number of Topliss-reactive ketones (excluding diaryl/α,β-unsaturated/α-hetero) is 1. The maximum atomic E-state index is 12.3. The highest BCUT2D eigenvalue weighted by Gasteiger charge is 2.23. The Balaban J connectivity index is 2.53. The van der Waals surface area contributed by atoms with Crippen molar-refractivity contribution in [2.24, 2.45) is 0 Å². The molecule has 106 valence electrons. The first-order chi connectivity index (χ1) is 9.49. The normalized spacial score (nSPS) is 10.6. The van der Waals surface area contributed by atoms with Crippen LogP contribution in [0.25, 0.3) is 10.9 Å². The van der Waals surface area contributed by atoms with E-state index in [0.29, 0.717) is 23.2 Å². The molecule has 0 aliphatic heterocycles. The fourth-order valence-electron chi connectivity index (χ4n) is 2.12. The topological polar surface area (TPSA) is 62.4 Å². The van der Waals surface area contributed by atoms with Crippen LogP contribution in [0.1, 0.15) is 22.8 Å². The highest BCUT2D eigenvalue weighted by atomic mass is 16.5. The molecule has 0 fully saturated rings. The minimum absolute atomic E-state index is 0.382. The van der Waals surface area contributed by atoms with E-state index in [1.807, 2.05) is 19.9 Å². The number of ether oxygens (including phenoxy) is 1. The third-order valence-electron chi connectivity index (χ3n) is 3.46. The lowest BCUT2D eigenvalue weighted by Gasteiger charge is -2.12. The second-order valence-electron chi connectivity index (χ2n) is 4.72. The Kier molecular flexibility index (Phi) is 3.79. The fraction of sp³-hybridized carbons (Fsp3) is 0.333. The number of carbonyl (C=O) groups is 2. The zero-order valence-electron chi connectivity index (χ0n) is 12.1. The van der Waals surface area contributed by atoms with Crippen molar-refractivity contribution in [1.82, 2.24) is 9.88 Å². The number of benzene rings is 1. The van der Waals surface area contributed by atoms with Crippen LogP contribution in [0.5, 0.6) is 5.75 Å². The van der Waals surface area contributed by atoms with E-state index in [0.717, 1.165) is 11.1 Å². The second-order valence-corrected chi connectivity index (χ2v) is 4.72. The molecule has 2 rings (SSSR count). The van der Waals surface area contributed by atoms with Crippen molar-refractivity contribution in [3.8, 4) is 5.75 Å². The number of likely N-dealkylation sites (N-methyl/N-ethyl adjacent to an activating group) is 1. The summed E-state index contributed by atoms with van der Waals surface area (Å²) in [5, 5.41) is 0.713. The molecule has 1 aromatic heterocycles. The molecule has 0 saturated carbocycles. The van der Waals surface area contributed by atoms with Crippen molar-refractivity contribution >= 4 is 22.6 Å². The Bertz CT molecular complexity index is 673. The molecule has 0 unspecified atom stereocenters. The number of aryl methyl sites for hydroxylation is 1. The van der Waals surface area contributed by atoms with Gasteiger partial charge in [0.05, 0.1) is 12.7 Å². The largest absolute Gasteiger partial charge is 0.497 e. The van der Waals surface area contributed by atoms with Crippen molar-refractivity contribution < 1.29 is 14.3 Å². The summed E-state index contributed by atoms with van der Waals surface area (Å²) in [5.74, 6) is -0.345. The molecular formula is C15H18N2O3. The number of methoxy groups -OCH3 is 1. The smallest absolute Gasteiger partial charge is 0.294 e. The van der Waals surface area contributed by atoms with E-state index in [1.165, 1.54) is 4.90 Å². The lowest BCUT2D eigenvalue weighted by Crippen LogP contribution is -2.32. The van der Waals surface area contributed by atoms with Gasteiger partial charge in [-0.25, -0.2) is 0 Å². The van der Waals surface area contributed by atoms with Crippen LogP contribution in [0.15, 0.2) is 18.3 Å². The molecule has 0 atom stereocenters. The summed E-state index contributed by atoms with van der Waals surface area (Å²) in [7, 11) is 3.19. The van der Waals surface area contributed by atoms with Crippen molar-refractivity contribution in [1.29, 1.82) is 0 Å². The van der Waals surface area contributed by atoms with Gasteiger partial charge < -0.3 is 14.6 Å². The van der Waals surface area contributed by atoms with Crippen molar-refractivity contribution in [3.05, 3.63) is 29.5 Å². The number of hydrogen-bond donors (Lipinski definition) is 1. The molecule has 20 heavy (non-hydrogen) atoms. The number of nitrogens with zero attached hydrogens (tertiary/aromatic N) is 1. The minimum atomic E-state index is -0.506. The van der Waals surface area contributed by atoms with Crippen molar-refractivity contribution in [3.63, 3.8) is 0 Å². The van der Waals surface area contributed by atoms with Crippen LogP contribution in [0, 0.1) is 6.92 Å². The van der Waals surface area contributed by atoms with E-state index in [9.17, 15) is 9.59 Å². The fourth-order valence-corrected chi connectivity index (χ4v) is 2.12. The number of aromatic amines is 1. The number of rotatable bonds is 4. The predicted molar refractivity (Wildman–Crippen MR) is 77.2 cm³/mol. The molecule has 0 spiro atoms. The summed E-state index contributed by atoms with van der Waals surface area (Å²) in [4.78, 5) is 28.7. The monoisotopic (exact) mass is 274 g/mol. The van der Waals surface area contributed by atoms with Crippen LogP contribution in [0.2, 0.25) is 0 Å². The zero-order valence-corrected chi connectivity index (χ0v) is 12.1. The Morgan fingerprint density at radius 1 is 1.35 bits per heavy atom. The van der Waals surface area contributed by atoms with Gasteiger partial charge in [-0.3, -0.25) is 9.59 Å². The Labute approximate surface area is 117 Å². The molecule has 5 nitrogen and oxygen atoms in total. The van der Waals surface area contributed by atoms with Gasteiger partial charge in [0.1, 0.15) is 5.75 Å². The molecule has 1 N–H and O–H groups in total. The molecule has 1 heterocycles. The number of fused-ring (bicyclic) bond motifs is 1. The summed E-state index contributed by atoms with van der Waals surface area (Å²) >= 11 is 0. The maximum absolute atomic E-state index is 12.3. The molecule has 2 aromatic rings. The van der Waals surface area contributed by atoms with Gasteiger partial charge in [-0.2, -0.15) is 0 Å².